The maximum absolute atomic E-state index is 14.0. The highest BCUT2D eigenvalue weighted by molar-refractivity contribution is 7.89. The van der Waals surface area contributed by atoms with Gasteiger partial charge in [0.1, 0.15) is 16.8 Å². The number of hydrogen-bond donors (Lipinski definition) is 3. The first-order valence-electron chi connectivity index (χ1n) is 8.21. The van der Waals surface area contributed by atoms with Crippen molar-refractivity contribution >= 4 is 34.0 Å². The van der Waals surface area contributed by atoms with Crippen LogP contribution < -0.4 is 15.8 Å². The van der Waals surface area contributed by atoms with Gasteiger partial charge in [-0.05, 0) is 43.5 Å². The third-order valence-corrected chi connectivity index (χ3v) is 5.64. The summed E-state index contributed by atoms with van der Waals surface area (Å²) in [5.74, 6) is -1.39. The lowest BCUT2D eigenvalue weighted by Gasteiger charge is -2.14. The average Bonchev–Trinajstić information content (AvgIpc) is 3.39. The molecule has 4 N–H and O–H groups in total. The van der Waals surface area contributed by atoms with E-state index in [9.17, 15) is 17.6 Å². The minimum atomic E-state index is -3.97. The highest BCUT2D eigenvalue weighted by atomic mass is 35.5. The van der Waals surface area contributed by atoms with Crippen molar-refractivity contribution in [3.05, 3.63) is 59.4 Å². The highest BCUT2D eigenvalue weighted by Crippen LogP contribution is 2.25. The maximum atomic E-state index is 14.0. The molecule has 0 heterocycles. The Hall–Kier alpha value is -2.00. The van der Waals surface area contributed by atoms with E-state index >= 15 is 0 Å². The van der Waals surface area contributed by atoms with E-state index in [0.29, 0.717) is 5.56 Å². The Kier molecular flexibility index (Phi) is 6.59. The quantitative estimate of drug-likeness (QED) is 0.677. The zero-order valence-electron chi connectivity index (χ0n) is 14.6. The van der Waals surface area contributed by atoms with E-state index < -0.39 is 32.7 Å². The molecule has 2 aromatic carbocycles. The summed E-state index contributed by atoms with van der Waals surface area (Å²) < 4.78 is 40.9. The van der Waals surface area contributed by atoms with Crippen molar-refractivity contribution in [3.63, 3.8) is 0 Å². The first kappa shape index (κ1) is 21.3. The number of nitrogens with one attached hydrogen (secondary N) is 2. The van der Waals surface area contributed by atoms with Gasteiger partial charge in [0.25, 0.3) is 0 Å². The molecular formula is C18H21ClFN3O3S. The van der Waals surface area contributed by atoms with Crippen LogP contribution in [0, 0.1) is 12.7 Å². The van der Waals surface area contributed by atoms with Crippen LogP contribution in [0.3, 0.4) is 0 Å². The number of aryl methyl sites for hydroxylation is 1. The number of carbonyl (C=O) groups is 1. The lowest BCUT2D eigenvalue weighted by atomic mass is 10.1. The Labute approximate surface area is 163 Å². The van der Waals surface area contributed by atoms with E-state index in [2.05, 4.69) is 10.0 Å². The van der Waals surface area contributed by atoms with E-state index in [1.54, 1.807) is 12.1 Å². The fourth-order valence-corrected chi connectivity index (χ4v) is 3.82. The minimum Gasteiger partial charge on any atom is -0.324 e. The minimum absolute atomic E-state index is 0. The van der Waals surface area contributed by atoms with E-state index in [1.807, 2.05) is 19.1 Å². The summed E-state index contributed by atoms with van der Waals surface area (Å²) in [6, 6.07) is 9.51. The SMILES string of the molecule is Cc1ccc(C(N)C(=O)Nc2ccc(F)c(S(=O)(=O)NC3CC3)c2)cc1.Cl. The predicted octanol–water partition coefficient (Wildman–Crippen LogP) is 2.64. The smallest absolute Gasteiger partial charge is 0.245 e. The molecule has 1 saturated carbocycles. The summed E-state index contributed by atoms with van der Waals surface area (Å²) in [4.78, 5) is 11.8. The van der Waals surface area contributed by atoms with Crippen LogP contribution in [0.5, 0.6) is 0 Å². The first-order chi connectivity index (χ1) is 12.3. The zero-order valence-corrected chi connectivity index (χ0v) is 16.2. The van der Waals surface area contributed by atoms with Gasteiger partial charge in [0.2, 0.25) is 15.9 Å². The molecule has 27 heavy (non-hydrogen) atoms. The molecule has 3 rings (SSSR count). The normalized spacial score (nSPS) is 14.9. The molecule has 1 unspecified atom stereocenters. The van der Waals surface area contributed by atoms with Gasteiger partial charge in [0.05, 0.1) is 0 Å². The van der Waals surface area contributed by atoms with Crippen molar-refractivity contribution in [3.8, 4) is 0 Å². The molecule has 1 aliphatic rings. The van der Waals surface area contributed by atoms with Crippen LogP contribution in [-0.4, -0.2) is 20.4 Å². The molecule has 146 valence electrons. The van der Waals surface area contributed by atoms with Gasteiger partial charge in [0, 0.05) is 11.7 Å². The molecule has 1 amide bonds. The van der Waals surface area contributed by atoms with Crippen molar-refractivity contribution in [1.82, 2.24) is 4.72 Å². The molecule has 1 atom stereocenters. The van der Waals surface area contributed by atoms with Gasteiger partial charge in [-0.3, -0.25) is 4.79 Å². The van der Waals surface area contributed by atoms with E-state index in [4.69, 9.17) is 5.73 Å². The van der Waals surface area contributed by atoms with Gasteiger partial charge in [-0.15, -0.1) is 12.4 Å². The summed E-state index contributed by atoms with van der Waals surface area (Å²) in [5.41, 5.74) is 7.77. The van der Waals surface area contributed by atoms with Gasteiger partial charge >= 0.3 is 0 Å². The van der Waals surface area contributed by atoms with Crippen LogP contribution in [-0.2, 0) is 14.8 Å². The number of sulfonamides is 1. The third-order valence-electron chi connectivity index (χ3n) is 4.11. The molecule has 0 spiro atoms. The molecule has 1 aliphatic carbocycles. The number of amides is 1. The third kappa shape index (κ3) is 5.26. The fourth-order valence-electron chi connectivity index (χ4n) is 2.42. The van der Waals surface area contributed by atoms with E-state index in [-0.39, 0.29) is 24.1 Å². The van der Waals surface area contributed by atoms with Crippen LogP contribution in [0.4, 0.5) is 10.1 Å². The van der Waals surface area contributed by atoms with Crippen molar-refractivity contribution in [1.29, 1.82) is 0 Å². The lowest BCUT2D eigenvalue weighted by Crippen LogP contribution is -2.28. The van der Waals surface area contributed by atoms with Crippen LogP contribution in [0.2, 0.25) is 0 Å². The van der Waals surface area contributed by atoms with Crippen molar-refractivity contribution < 1.29 is 17.6 Å². The van der Waals surface area contributed by atoms with Crippen molar-refractivity contribution in [2.24, 2.45) is 5.73 Å². The Morgan fingerprint density at radius 1 is 1.19 bits per heavy atom. The summed E-state index contributed by atoms with van der Waals surface area (Å²) in [7, 11) is -3.97. The Balaban J connectivity index is 0.00000261. The second-order valence-electron chi connectivity index (χ2n) is 6.42. The van der Waals surface area contributed by atoms with Crippen molar-refractivity contribution in [2.45, 2.75) is 36.7 Å². The van der Waals surface area contributed by atoms with Crippen LogP contribution in [0.1, 0.15) is 30.0 Å². The van der Waals surface area contributed by atoms with Gasteiger partial charge in [0.15, 0.2) is 0 Å². The zero-order chi connectivity index (χ0) is 18.9. The lowest BCUT2D eigenvalue weighted by molar-refractivity contribution is -0.117. The van der Waals surface area contributed by atoms with Crippen LogP contribution in [0.15, 0.2) is 47.4 Å². The topological polar surface area (TPSA) is 101 Å². The molecule has 0 saturated heterocycles. The Morgan fingerprint density at radius 3 is 2.41 bits per heavy atom. The predicted molar refractivity (Wildman–Crippen MR) is 104 cm³/mol. The molecule has 2 aromatic rings. The van der Waals surface area contributed by atoms with E-state index in [0.717, 1.165) is 30.5 Å². The average molecular weight is 414 g/mol. The maximum Gasteiger partial charge on any atom is 0.245 e. The number of nitrogens with two attached hydrogens (primary N) is 1. The Morgan fingerprint density at radius 2 is 1.81 bits per heavy atom. The molecule has 1 fully saturated rings. The van der Waals surface area contributed by atoms with Gasteiger partial charge in [-0.2, -0.15) is 0 Å². The molecule has 0 bridgehead atoms. The molecule has 0 aromatic heterocycles. The summed E-state index contributed by atoms with van der Waals surface area (Å²) in [6.45, 7) is 1.92. The summed E-state index contributed by atoms with van der Waals surface area (Å²) >= 11 is 0. The number of carbonyl (C=O) groups excluding carboxylic acids is 1. The number of benzene rings is 2. The number of hydrogen-bond acceptors (Lipinski definition) is 4. The van der Waals surface area contributed by atoms with Crippen LogP contribution in [0.25, 0.3) is 0 Å². The monoisotopic (exact) mass is 413 g/mol. The molecule has 0 aliphatic heterocycles. The van der Waals surface area contributed by atoms with Crippen LogP contribution >= 0.6 is 12.4 Å². The second kappa shape index (κ2) is 8.35. The molecular weight excluding hydrogens is 393 g/mol. The van der Waals surface area contributed by atoms with Gasteiger partial charge < -0.3 is 11.1 Å². The fraction of sp³-hybridized carbons (Fsp3) is 0.278. The Bertz CT molecular complexity index is 931. The second-order valence-corrected chi connectivity index (χ2v) is 8.10. The number of rotatable bonds is 6. The summed E-state index contributed by atoms with van der Waals surface area (Å²) in [5, 5.41) is 2.54. The van der Waals surface area contributed by atoms with Gasteiger partial charge in [-0.1, -0.05) is 29.8 Å². The first-order valence-corrected chi connectivity index (χ1v) is 9.69. The van der Waals surface area contributed by atoms with E-state index in [1.165, 1.54) is 6.07 Å². The van der Waals surface area contributed by atoms with Gasteiger partial charge in [-0.25, -0.2) is 17.5 Å². The standard InChI is InChI=1S/C18H20FN3O3S.ClH/c1-11-2-4-12(5-3-11)17(20)18(23)21-14-8-9-15(19)16(10-14)26(24,25)22-13-6-7-13;/h2-5,8-10,13,17,22H,6-7,20H2,1H3,(H,21,23);1H. The largest absolute Gasteiger partial charge is 0.324 e. The number of halogens is 2. The molecule has 0 radical (unpaired) electrons. The highest BCUT2D eigenvalue weighted by Gasteiger charge is 2.30. The summed E-state index contributed by atoms with van der Waals surface area (Å²) in [6.07, 6.45) is 1.48. The molecule has 6 nitrogen and oxygen atoms in total. The van der Waals surface area contributed by atoms with Crippen molar-refractivity contribution in [2.75, 3.05) is 5.32 Å². The number of anilines is 1. The molecule has 9 heteroatoms.